The lowest BCUT2D eigenvalue weighted by atomic mass is 9.78. The Hall–Kier alpha value is -1.05. The van der Waals surface area contributed by atoms with E-state index in [1.165, 1.54) is 50.9 Å². The molecule has 1 aliphatic carbocycles. The smallest absolute Gasteiger partial charge is 0.128 e. The van der Waals surface area contributed by atoms with Gasteiger partial charge in [-0.05, 0) is 43.7 Å². The lowest BCUT2D eigenvalue weighted by molar-refractivity contribution is 0.243. The SMILES string of the molecule is c1ccc(N2CCCC3CCCCC32)nc1. The van der Waals surface area contributed by atoms with Gasteiger partial charge in [-0.3, -0.25) is 0 Å². The van der Waals surface area contributed by atoms with Crippen molar-refractivity contribution < 1.29 is 0 Å². The number of pyridine rings is 1. The molecule has 1 saturated carbocycles. The lowest BCUT2D eigenvalue weighted by Crippen LogP contribution is -2.47. The third kappa shape index (κ3) is 1.81. The summed E-state index contributed by atoms with van der Waals surface area (Å²) in [4.78, 5) is 7.08. The average molecular weight is 216 g/mol. The van der Waals surface area contributed by atoms with E-state index in [1.54, 1.807) is 0 Å². The van der Waals surface area contributed by atoms with Gasteiger partial charge in [0.05, 0.1) is 0 Å². The van der Waals surface area contributed by atoms with Crippen molar-refractivity contribution in [2.24, 2.45) is 5.92 Å². The first kappa shape index (κ1) is 10.1. The molecular formula is C14H20N2. The fourth-order valence-electron chi connectivity index (χ4n) is 3.43. The number of anilines is 1. The highest BCUT2D eigenvalue weighted by atomic mass is 15.2. The van der Waals surface area contributed by atoms with E-state index < -0.39 is 0 Å². The zero-order valence-electron chi connectivity index (χ0n) is 9.81. The monoisotopic (exact) mass is 216 g/mol. The Kier molecular flexibility index (Phi) is 2.81. The van der Waals surface area contributed by atoms with Gasteiger partial charge in [-0.15, -0.1) is 0 Å². The predicted molar refractivity (Wildman–Crippen MR) is 66.6 cm³/mol. The summed E-state index contributed by atoms with van der Waals surface area (Å²) in [5.41, 5.74) is 0. The van der Waals surface area contributed by atoms with Crippen molar-refractivity contribution in [3.05, 3.63) is 24.4 Å². The molecule has 2 nitrogen and oxygen atoms in total. The number of nitrogens with zero attached hydrogens (tertiary/aromatic N) is 2. The Balaban J connectivity index is 1.83. The zero-order valence-corrected chi connectivity index (χ0v) is 9.81. The van der Waals surface area contributed by atoms with Crippen LogP contribution in [0.5, 0.6) is 0 Å². The van der Waals surface area contributed by atoms with Crippen molar-refractivity contribution in [3.63, 3.8) is 0 Å². The van der Waals surface area contributed by atoms with Crippen LogP contribution in [-0.2, 0) is 0 Å². The van der Waals surface area contributed by atoms with Gasteiger partial charge < -0.3 is 4.90 Å². The molecular weight excluding hydrogens is 196 g/mol. The van der Waals surface area contributed by atoms with Crippen LogP contribution in [0.15, 0.2) is 24.4 Å². The number of hydrogen-bond donors (Lipinski definition) is 0. The summed E-state index contributed by atoms with van der Waals surface area (Å²) in [6.45, 7) is 1.21. The maximum absolute atomic E-state index is 4.52. The van der Waals surface area contributed by atoms with Crippen LogP contribution in [0.25, 0.3) is 0 Å². The highest BCUT2D eigenvalue weighted by molar-refractivity contribution is 5.40. The fraction of sp³-hybridized carbons (Fsp3) is 0.643. The summed E-state index contributed by atoms with van der Waals surface area (Å²) >= 11 is 0. The van der Waals surface area contributed by atoms with Crippen LogP contribution in [0.1, 0.15) is 38.5 Å². The largest absolute Gasteiger partial charge is 0.353 e. The molecule has 0 spiro atoms. The van der Waals surface area contributed by atoms with E-state index in [2.05, 4.69) is 22.0 Å². The first-order valence-corrected chi connectivity index (χ1v) is 6.63. The second-order valence-corrected chi connectivity index (χ2v) is 5.14. The number of piperidine rings is 1. The van der Waals surface area contributed by atoms with Gasteiger partial charge in [0, 0.05) is 18.8 Å². The van der Waals surface area contributed by atoms with E-state index in [1.807, 2.05) is 12.3 Å². The summed E-state index contributed by atoms with van der Waals surface area (Å²) in [6, 6.07) is 7.05. The molecule has 0 N–H and O–H groups in total. The molecule has 0 bridgehead atoms. The van der Waals surface area contributed by atoms with Gasteiger partial charge in [-0.1, -0.05) is 18.9 Å². The van der Waals surface area contributed by atoms with Crippen LogP contribution in [0.4, 0.5) is 5.82 Å². The highest BCUT2D eigenvalue weighted by Gasteiger charge is 2.33. The molecule has 3 rings (SSSR count). The minimum Gasteiger partial charge on any atom is -0.353 e. The molecule has 0 radical (unpaired) electrons. The van der Waals surface area contributed by atoms with Crippen molar-refractivity contribution >= 4 is 5.82 Å². The maximum atomic E-state index is 4.52. The minimum atomic E-state index is 0.775. The minimum absolute atomic E-state index is 0.775. The van der Waals surface area contributed by atoms with Gasteiger partial charge in [0.2, 0.25) is 0 Å². The van der Waals surface area contributed by atoms with E-state index in [0.29, 0.717) is 0 Å². The molecule has 1 aliphatic heterocycles. The summed E-state index contributed by atoms with van der Waals surface area (Å²) in [6.07, 6.45) is 10.4. The normalized spacial score (nSPS) is 29.9. The molecule has 1 saturated heterocycles. The molecule has 2 fully saturated rings. The van der Waals surface area contributed by atoms with E-state index in [9.17, 15) is 0 Å². The maximum Gasteiger partial charge on any atom is 0.128 e. The van der Waals surface area contributed by atoms with Gasteiger partial charge in [0.1, 0.15) is 5.82 Å². The summed E-state index contributed by atoms with van der Waals surface area (Å²) < 4.78 is 0. The third-order valence-electron chi connectivity index (χ3n) is 4.19. The van der Waals surface area contributed by atoms with Crippen molar-refractivity contribution in [2.75, 3.05) is 11.4 Å². The van der Waals surface area contributed by atoms with E-state index >= 15 is 0 Å². The summed E-state index contributed by atoms with van der Waals surface area (Å²) in [5.74, 6) is 2.13. The third-order valence-corrected chi connectivity index (χ3v) is 4.19. The number of fused-ring (bicyclic) bond motifs is 1. The molecule has 1 aromatic rings. The molecule has 16 heavy (non-hydrogen) atoms. The van der Waals surface area contributed by atoms with Crippen LogP contribution in [0.2, 0.25) is 0 Å². The highest BCUT2D eigenvalue weighted by Crippen LogP contribution is 2.36. The first-order chi connectivity index (χ1) is 7.95. The van der Waals surface area contributed by atoms with Crippen molar-refractivity contribution in [1.82, 2.24) is 4.98 Å². The molecule has 2 heterocycles. The predicted octanol–water partition coefficient (Wildman–Crippen LogP) is 3.24. The van der Waals surface area contributed by atoms with E-state index in [-0.39, 0.29) is 0 Å². The summed E-state index contributed by atoms with van der Waals surface area (Å²) in [5, 5.41) is 0. The van der Waals surface area contributed by atoms with Crippen molar-refractivity contribution in [1.29, 1.82) is 0 Å². The van der Waals surface area contributed by atoms with Crippen LogP contribution >= 0.6 is 0 Å². The fourth-order valence-corrected chi connectivity index (χ4v) is 3.43. The number of rotatable bonds is 1. The van der Waals surface area contributed by atoms with Crippen LogP contribution in [0, 0.1) is 5.92 Å². The Morgan fingerprint density at radius 2 is 1.94 bits per heavy atom. The Labute approximate surface area is 97.7 Å². The number of hydrogen-bond acceptors (Lipinski definition) is 2. The Morgan fingerprint density at radius 3 is 2.81 bits per heavy atom. The van der Waals surface area contributed by atoms with Crippen LogP contribution in [-0.4, -0.2) is 17.6 Å². The second-order valence-electron chi connectivity index (χ2n) is 5.14. The van der Waals surface area contributed by atoms with Gasteiger partial charge in [0.25, 0.3) is 0 Å². The molecule has 2 atom stereocenters. The zero-order chi connectivity index (χ0) is 10.8. The number of aromatic nitrogens is 1. The van der Waals surface area contributed by atoms with E-state index in [4.69, 9.17) is 0 Å². The van der Waals surface area contributed by atoms with Crippen LogP contribution in [0.3, 0.4) is 0 Å². The molecule has 0 amide bonds. The Bertz CT molecular complexity index is 334. The Morgan fingerprint density at radius 1 is 1.06 bits per heavy atom. The van der Waals surface area contributed by atoms with Crippen molar-refractivity contribution in [2.45, 2.75) is 44.6 Å². The molecule has 2 aliphatic rings. The van der Waals surface area contributed by atoms with E-state index in [0.717, 1.165) is 12.0 Å². The van der Waals surface area contributed by atoms with Gasteiger partial charge in [0.15, 0.2) is 0 Å². The quantitative estimate of drug-likeness (QED) is 0.716. The topological polar surface area (TPSA) is 16.1 Å². The standard InChI is InChI=1S/C14H20N2/c1-2-8-13-12(6-1)7-5-11-16(13)14-9-3-4-10-15-14/h3-4,9-10,12-13H,1-2,5-8,11H2. The molecule has 86 valence electrons. The molecule has 2 heteroatoms. The van der Waals surface area contributed by atoms with Crippen LogP contribution < -0.4 is 4.90 Å². The summed E-state index contributed by atoms with van der Waals surface area (Å²) in [7, 11) is 0. The van der Waals surface area contributed by atoms with Crippen molar-refractivity contribution in [3.8, 4) is 0 Å². The average Bonchev–Trinajstić information content (AvgIpc) is 2.39. The van der Waals surface area contributed by atoms with Gasteiger partial charge in [-0.25, -0.2) is 4.98 Å². The van der Waals surface area contributed by atoms with Gasteiger partial charge in [-0.2, -0.15) is 0 Å². The second kappa shape index (κ2) is 4.44. The van der Waals surface area contributed by atoms with Gasteiger partial charge >= 0.3 is 0 Å². The lowest BCUT2D eigenvalue weighted by Gasteiger charge is -2.44. The first-order valence-electron chi connectivity index (χ1n) is 6.63. The molecule has 2 unspecified atom stereocenters. The molecule has 1 aromatic heterocycles. The molecule has 0 aromatic carbocycles.